The van der Waals surface area contributed by atoms with E-state index in [1.54, 1.807) is 6.92 Å². The van der Waals surface area contributed by atoms with E-state index in [0.717, 1.165) is 30.4 Å². The lowest BCUT2D eigenvalue weighted by Gasteiger charge is -2.42. The number of thiocarbonyl (C=S) groups is 1. The Bertz CT molecular complexity index is 786. The van der Waals surface area contributed by atoms with E-state index >= 15 is 0 Å². The van der Waals surface area contributed by atoms with Gasteiger partial charge in [0.1, 0.15) is 0 Å². The van der Waals surface area contributed by atoms with E-state index in [1.165, 1.54) is 11.3 Å². The summed E-state index contributed by atoms with van der Waals surface area (Å²) in [4.78, 5) is 16.0. The number of hydrogen-bond acceptors (Lipinski definition) is 3. The number of nitrogens with zero attached hydrogens (tertiary/aromatic N) is 2. The van der Waals surface area contributed by atoms with Crippen molar-refractivity contribution >= 4 is 34.5 Å². The largest absolute Gasteiger partial charge is 0.365 e. The third-order valence-corrected chi connectivity index (χ3v) is 5.18. The second-order valence-corrected chi connectivity index (χ2v) is 7.27. The second-order valence-electron chi connectivity index (χ2n) is 6.89. The molecule has 2 aromatic carbocycles. The molecule has 1 fully saturated rings. The minimum atomic E-state index is 0.0696. The van der Waals surface area contributed by atoms with Crippen molar-refractivity contribution in [3.63, 3.8) is 0 Å². The van der Waals surface area contributed by atoms with Gasteiger partial charge in [-0.2, -0.15) is 0 Å². The Morgan fingerprint density at radius 3 is 2.31 bits per heavy atom. The monoisotopic (exact) mass is 367 g/mol. The Hall–Kier alpha value is -2.40. The molecule has 2 aromatic rings. The first-order valence-corrected chi connectivity index (χ1v) is 9.35. The van der Waals surface area contributed by atoms with Crippen LogP contribution < -0.4 is 10.2 Å². The smallest absolute Gasteiger partial charge is 0.173 e. The molecule has 136 valence electrons. The minimum absolute atomic E-state index is 0.0696. The number of Topliss-reactive ketones (excluding diaryl/α,β-unsaturated/α-hetero) is 1. The number of rotatable bonds is 3. The van der Waals surface area contributed by atoms with Crippen LogP contribution in [-0.4, -0.2) is 41.5 Å². The highest BCUT2D eigenvalue weighted by atomic mass is 32.1. The molecule has 0 aromatic heterocycles. The van der Waals surface area contributed by atoms with Gasteiger partial charge in [-0.3, -0.25) is 4.79 Å². The summed E-state index contributed by atoms with van der Waals surface area (Å²) in [5.74, 6) is 0.0696. The van der Waals surface area contributed by atoms with Crippen molar-refractivity contribution in [3.8, 4) is 0 Å². The number of carbonyl (C=O) groups is 1. The molecular formula is C21H25N3OS. The molecule has 0 radical (unpaired) electrons. The van der Waals surface area contributed by atoms with Gasteiger partial charge in [0.25, 0.3) is 0 Å². The van der Waals surface area contributed by atoms with Crippen molar-refractivity contribution in [2.24, 2.45) is 0 Å². The van der Waals surface area contributed by atoms with Gasteiger partial charge in [-0.15, -0.1) is 0 Å². The summed E-state index contributed by atoms with van der Waals surface area (Å²) < 4.78 is 0. The summed E-state index contributed by atoms with van der Waals surface area (Å²) in [6.45, 7) is 8.62. The average molecular weight is 368 g/mol. The molecule has 0 amide bonds. The fraction of sp³-hybridized carbons (Fsp3) is 0.333. The quantitative estimate of drug-likeness (QED) is 0.653. The molecule has 1 atom stereocenters. The molecule has 1 unspecified atom stereocenters. The molecule has 0 aliphatic carbocycles. The maximum absolute atomic E-state index is 11.4. The van der Waals surface area contributed by atoms with Crippen molar-refractivity contribution in [2.45, 2.75) is 26.8 Å². The molecule has 3 rings (SSSR count). The number of piperazine rings is 1. The zero-order chi connectivity index (χ0) is 18.7. The van der Waals surface area contributed by atoms with Crippen LogP contribution in [0.15, 0.2) is 48.5 Å². The third kappa shape index (κ3) is 4.22. The molecule has 0 saturated carbocycles. The van der Waals surface area contributed by atoms with Gasteiger partial charge in [-0.25, -0.2) is 0 Å². The molecule has 1 heterocycles. The Morgan fingerprint density at radius 2 is 1.73 bits per heavy atom. The van der Waals surface area contributed by atoms with Crippen molar-refractivity contribution in [2.75, 3.05) is 29.9 Å². The van der Waals surface area contributed by atoms with Crippen molar-refractivity contribution in [1.82, 2.24) is 4.90 Å². The summed E-state index contributed by atoms with van der Waals surface area (Å²) in [7, 11) is 0. The lowest BCUT2D eigenvalue weighted by Crippen LogP contribution is -2.54. The number of hydrogen-bond donors (Lipinski definition) is 1. The first kappa shape index (κ1) is 18.4. The molecule has 1 aliphatic heterocycles. The van der Waals surface area contributed by atoms with E-state index in [-0.39, 0.29) is 5.78 Å². The summed E-state index contributed by atoms with van der Waals surface area (Å²) >= 11 is 5.60. The van der Waals surface area contributed by atoms with E-state index in [4.69, 9.17) is 12.2 Å². The second kappa shape index (κ2) is 7.87. The summed E-state index contributed by atoms with van der Waals surface area (Å²) in [5, 5.41) is 4.02. The van der Waals surface area contributed by atoms with Gasteiger partial charge in [0.05, 0.1) is 0 Å². The minimum Gasteiger partial charge on any atom is -0.365 e. The number of nitrogens with one attached hydrogen (secondary N) is 1. The molecule has 4 nitrogen and oxygen atoms in total. The molecule has 0 spiro atoms. The predicted molar refractivity (Wildman–Crippen MR) is 112 cm³/mol. The van der Waals surface area contributed by atoms with Crippen LogP contribution >= 0.6 is 12.2 Å². The maximum atomic E-state index is 11.4. The highest BCUT2D eigenvalue weighted by Crippen LogP contribution is 2.21. The van der Waals surface area contributed by atoms with Gasteiger partial charge >= 0.3 is 0 Å². The molecule has 1 saturated heterocycles. The highest BCUT2D eigenvalue weighted by molar-refractivity contribution is 7.80. The van der Waals surface area contributed by atoms with Crippen molar-refractivity contribution in [1.29, 1.82) is 0 Å². The van der Waals surface area contributed by atoms with Gasteiger partial charge in [0.15, 0.2) is 10.9 Å². The lowest BCUT2D eigenvalue weighted by atomic mass is 10.1. The summed E-state index contributed by atoms with van der Waals surface area (Å²) in [5.41, 5.74) is 4.16. The van der Waals surface area contributed by atoms with Gasteiger partial charge in [0, 0.05) is 42.6 Å². The van der Waals surface area contributed by atoms with Gasteiger partial charge in [-0.1, -0.05) is 17.7 Å². The highest BCUT2D eigenvalue weighted by Gasteiger charge is 2.25. The van der Waals surface area contributed by atoms with Crippen LogP contribution in [0.4, 0.5) is 11.4 Å². The van der Waals surface area contributed by atoms with Crippen LogP contribution in [0.1, 0.15) is 29.8 Å². The normalized spacial score (nSPS) is 17.1. The Kier molecular flexibility index (Phi) is 5.57. The molecule has 1 N–H and O–H groups in total. The van der Waals surface area contributed by atoms with Crippen LogP contribution in [0.2, 0.25) is 0 Å². The van der Waals surface area contributed by atoms with Crippen LogP contribution in [0.5, 0.6) is 0 Å². The molecule has 1 aliphatic rings. The van der Waals surface area contributed by atoms with Gasteiger partial charge in [0.2, 0.25) is 0 Å². The summed E-state index contributed by atoms with van der Waals surface area (Å²) in [6.07, 6.45) is 0. The first-order chi connectivity index (χ1) is 12.4. The maximum Gasteiger partial charge on any atom is 0.173 e. The third-order valence-electron chi connectivity index (χ3n) is 4.82. The number of carbonyl (C=O) groups excluding carboxylic acids is 1. The molecule has 5 heteroatoms. The zero-order valence-electron chi connectivity index (χ0n) is 15.5. The Balaban J connectivity index is 1.60. The van der Waals surface area contributed by atoms with Crippen LogP contribution in [-0.2, 0) is 0 Å². The Labute approximate surface area is 160 Å². The van der Waals surface area contributed by atoms with E-state index in [2.05, 4.69) is 53.2 Å². The molecule has 0 bridgehead atoms. The SMILES string of the molecule is CC(=O)c1ccc(NC(=S)N2CCN(c3ccc(C)cc3)C(C)C2)cc1. The van der Waals surface area contributed by atoms with Crippen molar-refractivity contribution < 1.29 is 4.79 Å². The first-order valence-electron chi connectivity index (χ1n) is 8.94. The average Bonchev–Trinajstić information content (AvgIpc) is 2.63. The van der Waals surface area contributed by atoms with E-state index in [1.807, 2.05) is 24.3 Å². The van der Waals surface area contributed by atoms with Crippen LogP contribution in [0, 0.1) is 6.92 Å². The van der Waals surface area contributed by atoms with Crippen LogP contribution in [0.3, 0.4) is 0 Å². The molecular weight excluding hydrogens is 342 g/mol. The summed E-state index contributed by atoms with van der Waals surface area (Å²) in [6, 6.07) is 16.5. The topological polar surface area (TPSA) is 35.6 Å². The Morgan fingerprint density at radius 1 is 1.08 bits per heavy atom. The standard InChI is InChI=1S/C21H25N3OS/c1-15-4-10-20(11-5-15)24-13-12-23(14-16(24)2)21(26)22-19-8-6-18(7-9-19)17(3)25/h4-11,16H,12-14H2,1-3H3,(H,22,26). The van der Waals surface area contributed by atoms with Crippen molar-refractivity contribution in [3.05, 3.63) is 59.7 Å². The van der Waals surface area contributed by atoms with E-state index in [0.29, 0.717) is 11.6 Å². The lowest BCUT2D eigenvalue weighted by molar-refractivity contribution is 0.101. The number of aryl methyl sites for hydroxylation is 1. The van der Waals surface area contributed by atoms with E-state index in [9.17, 15) is 4.79 Å². The fourth-order valence-corrected chi connectivity index (χ4v) is 3.54. The van der Waals surface area contributed by atoms with Gasteiger partial charge in [-0.05, 0) is 69.4 Å². The van der Waals surface area contributed by atoms with Gasteiger partial charge < -0.3 is 15.1 Å². The van der Waals surface area contributed by atoms with Crippen LogP contribution in [0.25, 0.3) is 0 Å². The van der Waals surface area contributed by atoms with E-state index < -0.39 is 0 Å². The molecule has 26 heavy (non-hydrogen) atoms. The number of benzene rings is 2. The zero-order valence-corrected chi connectivity index (χ0v) is 16.3. The predicted octanol–water partition coefficient (Wildman–Crippen LogP) is 4.11. The number of ketones is 1. The number of anilines is 2. The fourth-order valence-electron chi connectivity index (χ4n) is 3.25.